The first-order chi connectivity index (χ1) is 20.3. The third kappa shape index (κ3) is 4.03. The fourth-order valence-corrected chi connectivity index (χ4v) is 5.57. The second kappa shape index (κ2) is 9.50. The summed E-state index contributed by atoms with van der Waals surface area (Å²) in [5, 5.41) is 4.78. The van der Waals surface area contributed by atoms with Crippen molar-refractivity contribution in [2.45, 2.75) is 0 Å². The Labute approximate surface area is 236 Å². The fraction of sp³-hybridized carbons (Fsp3) is 0. The summed E-state index contributed by atoms with van der Waals surface area (Å²) in [7, 11) is 0. The third-order valence-electron chi connectivity index (χ3n) is 7.54. The maximum Gasteiger partial charge on any atom is 0.138 e. The minimum atomic E-state index is 0.809. The standard InChI is InChI=1S/C36H23N5/c1-3-11-28-26(9-1)27-10-2-4-12-29(27)35-34(28)40-36(41-35)24-17-15-23(16-18-24)25-21-32(30-13-5-7-19-37-30)39-33(22-25)31-14-6-8-20-38-31/h1-22H,(H,40,41). The molecule has 0 unspecified atom stereocenters. The normalized spacial score (nSPS) is 11.4. The van der Waals surface area contributed by atoms with Crippen molar-refractivity contribution in [3.8, 4) is 45.3 Å². The lowest BCUT2D eigenvalue weighted by Gasteiger charge is -2.10. The van der Waals surface area contributed by atoms with E-state index in [1.165, 1.54) is 16.2 Å². The van der Waals surface area contributed by atoms with E-state index in [2.05, 4.69) is 99.9 Å². The average molecular weight is 526 g/mol. The summed E-state index contributed by atoms with van der Waals surface area (Å²) in [5.74, 6) is 0.853. The lowest BCUT2D eigenvalue weighted by molar-refractivity contribution is 1.22. The summed E-state index contributed by atoms with van der Waals surface area (Å²) in [6, 6.07) is 41.4. The first-order valence-corrected chi connectivity index (χ1v) is 13.6. The minimum absolute atomic E-state index is 0.809. The molecule has 0 atom stereocenters. The molecule has 0 saturated carbocycles. The molecule has 5 heteroatoms. The van der Waals surface area contributed by atoms with Gasteiger partial charge in [-0.1, -0.05) is 84.9 Å². The molecule has 0 spiro atoms. The molecule has 0 aliphatic rings. The number of nitrogens with zero attached hydrogens (tertiary/aromatic N) is 4. The first kappa shape index (κ1) is 23.2. The highest BCUT2D eigenvalue weighted by Crippen LogP contribution is 2.36. The molecule has 4 aromatic heterocycles. The Kier molecular flexibility index (Phi) is 5.38. The van der Waals surface area contributed by atoms with Crippen LogP contribution in [0.25, 0.3) is 77.9 Å². The van der Waals surface area contributed by atoms with Crippen molar-refractivity contribution in [3.63, 3.8) is 0 Å². The topological polar surface area (TPSA) is 67.3 Å². The van der Waals surface area contributed by atoms with E-state index in [-0.39, 0.29) is 0 Å². The lowest BCUT2D eigenvalue weighted by atomic mass is 10.0. The molecule has 0 fully saturated rings. The average Bonchev–Trinajstić information content (AvgIpc) is 3.52. The summed E-state index contributed by atoms with van der Waals surface area (Å²) in [6.45, 7) is 0. The Balaban J connectivity index is 1.24. The van der Waals surface area contributed by atoms with Gasteiger partial charge in [-0.05, 0) is 58.3 Å². The first-order valence-electron chi connectivity index (χ1n) is 13.6. The van der Waals surface area contributed by atoms with Crippen LogP contribution in [-0.4, -0.2) is 24.9 Å². The number of hydrogen-bond acceptors (Lipinski definition) is 4. The molecule has 41 heavy (non-hydrogen) atoms. The molecule has 8 aromatic rings. The molecular weight excluding hydrogens is 502 g/mol. The summed E-state index contributed by atoms with van der Waals surface area (Å²) in [4.78, 5) is 22.7. The number of benzene rings is 4. The van der Waals surface area contributed by atoms with Crippen molar-refractivity contribution < 1.29 is 0 Å². The van der Waals surface area contributed by atoms with Crippen LogP contribution >= 0.6 is 0 Å². The SMILES string of the molecule is c1ccc(-c2cc(-c3ccc(-c4nc5c6ccccc6c6ccccc6c5[nH]4)cc3)cc(-c3ccccn3)n2)nc1. The van der Waals surface area contributed by atoms with Crippen LogP contribution in [0.5, 0.6) is 0 Å². The molecule has 8 rings (SSSR count). The van der Waals surface area contributed by atoms with E-state index in [9.17, 15) is 0 Å². The zero-order chi connectivity index (χ0) is 27.2. The minimum Gasteiger partial charge on any atom is -0.337 e. The molecule has 5 nitrogen and oxygen atoms in total. The molecule has 0 saturated heterocycles. The van der Waals surface area contributed by atoms with E-state index in [0.717, 1.165) is 61.7 Å². The number of pyridine rings is 3. The quantitative estimate of drug-likeness (QED) is 0.233. The van der Waals surface area contributed by atoms with Crippen LogP contribution in [0.3, 0.4) is 0 Å². The van der Waals surface area contributed by atoms with Crippen molar-refractivity contribution in [2.24, 2.45) is 0 Å². The van der Waals surface area contributed by atoms with Gasteiger partial charge in [0.1, 0.15) is 5.82 Å². The highest BCUT2D eigenvalue weighted by atomic mass is 14.9. The van der Waals surface area contributed by atoms with Crippen LogP contribution in [0.1, 0.15) is 0 Å². The lowest BCUT2D eigenvalue weighted by Crippen LogP contribution is -1.94. The molecule has 0 aliphatic carbocycles. The zero-order valence-corrected chi connectivity index (χ0v) is 22.0. The number of fused-ring (bicyclic) bond motifs is 6. The molecular formula is C36H23N5. The molecule has 1 N–H and O–H groups in total. The van der Waals surface area contributed by atoms with E-state index in [0.29, 0.717) is 0 Å². The number of imidazole rings is 1. The molecule has 0 radical (unpaired) electrons. The molecule has 0 bridgehead atoms. The molecule has 0 amide bonds. The van der Waals surface area contributed by atoms with Gasteiger partial charge in [0.05, 0.1) is 33.8 Å². The summed E-state index contributed by atoms with van der Waals surface area (Å²) in [6.07, 6.45) is 3.58. The number of rotatable bonds is 4. The largest absolute Gasteiger partial charge is 0.337 e. The maximum absolute atomic E-state index is 5.09. The molecule has 4 aromatic carbocycles. The summed E-state index contributed by atoms with van der Waals surface area (Å²) < 4.78 is 0. The molecule has 0 aliphatic heterocycles. The Morgan fingerprint density at radius 3 is 1.56 bits per heavy atom. The second-order valence-corrected chi connectivity index (χ2v) is 10.0. The Hall–Kier alpha value is -5.68. The van der Waals surface area contributed by atoms with Crippen molar-refractivity contribution >= 4 is 32.6 Å². The number of H-pyrrole nitrogens is 1. The van der Waals surface area contributed by atoms with E-state index < -0.39 is 0 Å². The third-order valence-corrected chi connectivity index (χ3v) is 7.54. The van der Waals surface area contributed by atoms with Crippen LogP contribution < -0.4 is 0 Å². The van der Waals surface area contributed by atoms with Crippen molar-refractivity contribution in [3.05, 3.63) is 134 Å². The van der Waals surface area contributed by atoms with Crippen LogP contribution in [-0.2, 0) is 0 Å². The van der Waals surface area contributed by atoms with Crippen LogP contribution in [0.4, 0.5) is 0 Å². The van der Waals surface area contributed by atoms with E-state index >= 15 is 0 Å². The zero-order valence-electron chi connectivity index (χ0n) is 22.0. The van der Waals surface area contributed by atoms with Gasteiger partial charge in [-0.25, -0.2) is 9.97 Å². The number of nitrogens with one attached hydrogen (secondary N) is 1. The van der Waals surface area contributed by atoms with Gasteiger partial charge in [0.2, 0.25) is 0 Å². The van der Waals surface area contributed by atoms with Crippen LogP contribution in [0.15, 0.2) is 134 Å². The molecule has 192 valence electrons. The van der Waals surface area contributed by atoms with Gasteiger partial charge in [-0.2, -0.15) is 0 Å². The van der Waals surface area contributed by atoms with Crippen molar-refractivity contribution in [1.29, 1.82) is 0 Å². The Bertz CT molecular complexity index is 2050. The number of hydrogen-bond donors (Lipinski definition) is 1. The van der Waals surface area contributed by atoms with Gasteiger partial charge in [0, 0.05) is 28.7 Å². The summed E-state index contributed by atoms with van der Waals surface area (Å²) >= 11 is 0. The van der Waals surface area contributed by atoms with Crippen LogP contribution in [0, 0.1) is 0 Å². The smallest absolute Gasteiger partial charge is 0.138 e. The van der Waals surface area contributed by atoms with Crippen molar-refractivity contribution in [1.82, 2.24) is 24.9 Å². The van der Waals surface area contributed by atoms with Gasteiger partial charge in [0.25, 0.3) is 0 Å². The number of aromatic nitrogens is 5. The number of aromatic amines is 1. The van der Waals surface area contributed by atoms with Gasteiger partial charge in [0.15, 0.2) is 0 Å². The van der Waals surface area contributed by atoms with Gasteiger partial charge in [-0.15, -0.1) is 0 Å². The van der Waals surface area contributed by atoms with Gasteiger partial charge >= 0.3 is 0 Å². The fourth-order valence-electron chi connectivity index (χ4n) is 5.57. The van der Waals surface area contributed by atoms with Crippen LogP contribution in [0.2, 0.25) is 0 Å². The van der Waals surface area contributed by atoms with Crippen molar-refractivity contribution in [2.75, 3.05) is 0 Å². The predicted molar refractivity (Wildman–Crippen MR) is 166 cm³/mol. The summed E-state index contributed by atoms with van der Waals surface area (Å²) in [5.41, 5.74) is 8.48. The highest BCUT2D eigenvalue weighted by molar-refractivity contribution is 6.23. The molecule has 4 heterocycles. The van der Waals surface area contributed by atoms with Gasteiger partial charge < -0.3 is 4.98 Å². The highest BCUT2D eigenvalue weighted by Gasteiger charge is 2.14. The maximum atomic E-state index is 5.09. The van der Waals surface area contributed by atoms with E-state index in [1.54, 1.807) is 12.4 Å². The Morgan fingerprint density at radius 1 is 0.415 bits per heavy atom. The second-order valence-electron chi connectivity index (χ2n) is 10.0. The monoisotopic (exact) mass is 525 g/mol. The Morgan fingerprint density at radius 2 is 0.951 bits per heavy atom. The van der Waals surface area contributed by atoms with Gasteiger partial charge in [-0.3, -0.25) is 9.97 Å². The van der Waals surface area contributed by atoms with E-state index in [4.69, 9.17) is 9.97 Å². The van der Waals surface area contributed by atoms with E-state index in [1.807, 2.05) is 36.4 Å². The predicted octanol–water partition coefficient (Wildman–Crippen LogP) is 8.72.